The number of benzene rings is 1. The fourth-order valence-corrected chi connectivity index (χ4v) is 2.90. The fourth-order valence-electron chi connectivity index (χ4n) is 2.90. The number of carbonyl (C=O) groups excluding carboxylic acids is 1. The van der Waals surface area contributed by atoms with Crippen LogP contribution in [0.1, 0.15) is 32.1 Å². The van der Waals surface area contributed by atoms with Crippen LogP contribution in [0.15, 0.2) is 30.3 Å². The SMILES string of the molecule is NCC(NC(=O)CNc1ccccc1)C1CCCCC1. The Morgan fingerprint density at radius 3 is 2.55 bits per heavy atom. The number of hydrogen-bond acceptors (Lipinski definition) is 3. The van der Waals surface area contributed by atoms with E-state index in [-0.39, 0.29) is 11.9 Å². The quantitative estimate of drug-likeness (QED) is 0.745. The molecule has 110 valence electrons. The zero-order valence-electron chi connectivity index (χ0n) is 12.0. The lowest BCUT2D eigenvalue weighted by molar-refractivity contribution is -0.120. The molecular weight excluding hydrogens is 250 g/mol. The molecule has 20 heavy (non-hydrogen) atoms. The highest BCUT2D eigenvalue weighted by Crippen LogP contribution is 2.26. The molecule has 1 saturated carbocycles. The van der Waals surface area contributed by atoms with E-state index in [9.17, 15) is 4.79 Å². The normalized spacial score (nSPS) is 17.4. The monoisotopic (exact) mass is 275 g/mol. The van der Waals surface area contributed by atoms with Crippen LogP contribution < -0.4 is 16.4 Å². The van der Waals surface area contributed by atoms with Gasteiger partial charge in [-0.15, -0.1) is 0 Å². The fraction of sp³-hybridized carbons (Fsp3) is 0.562. The number of nitrogens with two attached hydrogens (primary N) is 1. The molecule has 0 saturated heterocycles. The van der Waals surface area contributed by atoms with E-state index in [2.05, 4.69) is 10.6 Å². The summed E-state index contributed by atoms with van der Waals surface area (Å²) in [6, 6.07) is 9.89. The van der Waals surface area contributed by atoms with Crippen molar-refractivity contribution in [2.45, 2.75) is 38.1 Å². The number of rotatable bonds is 6. The number of anilines is 1. The third kappa shape index (κ3) is 4.53. The molecule has 1 aliphatic carbocycles. The molecule has 1 fully saturated rings. The summed E-state index contributed by atoms with van der Waals surface area (Å²) in [4.78, 5) is 12.0. The van der Waals surface area contributed by atoms with E-state index >= 15 is 0 Å². The first-order valence-electron chi connectivity index (χ1n) is 7.58. The third-order valence-corrected chi connectivity index (χ3v) is 4.05. The summed E-state index contributed by atoms with van der Waals surface area (Å²) in [7, 11) is 0. The largest absolute Gasteiger partial charge is 0.376 e. The lowest BCUT2D eigenvalue weighted by Gasteiger charge is -2.30. The second kappa shape index (κ2) is 7.90. The van der Waals surface area contributed by atoms with Crippen molar-refractivity contribution in [3.8, 4) is 0 Å². The smallest absolute Gasteiger partial charge is 0.239 e. The van der Waals surface area contributed by atoms with Gasteiger partial charge in [0.15, 0.2) is 0 Å². The highest BCUT2D eigenvalue weighted by atomic mass is 16.2. The average molecular weight is 275 g/mol. The van der Waals surface area contributed by atoms with Gasteiger partial charge < -0.3 is 16.4 Å². The molecule has 4 N–H and O–H groups in total. The molecule has 1 aliphatic rings. The van der Waals surface area contributed by atoms with Crippen LogP contribution in [0.5, 0.6) is 0 Å². The van der Waals surface area contributed by atoms with E-state index in [1.54, 1.807) is 0 Å². The van der Waals surface area contributed by atoms with Crippen LogP contribution in [-0.4, -0.2) is 25.0 Å². The standard InChI is InChI=1S/C16H25N3O/c17-11-15(13-7-3-1-4-8-13)19-16(20)12-18-14-9-5-2-6-10-14/h2,5-6,9-10,13,15,18H,1,3-4,7-8,11-12,17H2,(H,19,20). The van der Waals surface area contributed by atoms with E-state index < -0.39 is 0 Å². The van der Waals surface area contributed by atoms with Gasteiger partial charge in [0.2, 0.25) is 5.91 Å². The van der Waals surface area contributed by atoms with Crippen molar-refractivity contribution in [2.75, 3.05) is 18.4 Å². The summed E-state index contributed by atoms with van der Waals surface area (Å²) in [6.07, 6.45) is 6.22. The van der Waals surface area contributed by atoms with Gasteiger partial charge in [0.1, 0.15) is 0 Å². The lowest BCUT2D eigenvalue weighted by Crippen LogP contribution is -2.47. The van der Waals surface area contributed by atoms with Crippen LogP contribution >= 0.6 is 0 Å². The van der Waals surface area contributed by atoms with Gasteiger partial charge in [0.05, 0.1) is 6.54 Å². The van der Waals surface area contributed by atoms with Crippen molar-refractivity contribution < 1.29 is 4.79 Å². The molecule has 1 unspecified atom stereocenters. The van der Waals surface area contributed by atoms with Crippen molar-refractivity contribution in [3.05, 3.63) is 30.3 Å². The summed E-state index contributed by atoms with van der Waals surface area (Å²) in [5, 5.41) is 6.20. The third-order valence-electron chi connectivity index (χ3n) is 4.05. The van der Waals surface area contributed by atoms with Gasteiger partial charge >= 0.3 is 0 Å². The van der Waals surface area contributed by atoms with Crippen LogP contribution in [0.4, 0.5) is 5.69 Å². The van der Waals surface area contributed by atoms with Gasteiger partial charge in [0, 0.05) is 18.3 Å². The number of amides is 1. The molecule has 0 bridgehead atoms. The van der Waals surface area contributed by atoms with Crippen LogP contribution in [0, 0.1) is 5.92 Å². The predicted molar refractivity (Wildman–Crippen MR) is 82.5 cm³/mol. The van der Waals surface area contributed by atoms with E-state index in [4.69, 9.17) is 5.73 Å². The van der Waals surface area contributed by atoms with Crippen LogP contribution in [0.2, 0.25) is 0 Å². The number of hydrogen-bond donors (Lipinski definition) is 3. The average Bonchev–Trinajstić information content (AvgIpc) is 2.52. The van der Waals surface area contributed by atoms with Crippen molar-refractivity contribution in [1.82, 2.24) is 5.32 Å². The summed E-state index contributed by atoms with van der Waals surface area (Å²) in [5.41, 5.74) is 6.79. The van der Waals surface area contributed by atoms with Crippen molar-refractivity contribution >= 4 is 11.6 Å². The molecule has 0 aliphatic heterocycles. The Morgan fingerprint density at radius 2 is 1.90 bits per heavy atom. The van der Waals surface area contributed by atoms with Crippen molar-refractivity contribution in [1.29, 1.82) is 0 Å². The zero-order chi connectivity index (χ0) is 14.2. The lowest BCUT2D eigenvalue weighted by atomic mass is 9.84. The molecular formula is C16H25N3O. The number of nitrogens with one attached hydrogen (secondary N) is 2. The summed E-state index contributed by atoms with van der Waals surface area (Å²) >= 11 is 0. The van der Waals surface area contributed by atoms with Crippen LogP contribution in [0.3, 0.4) is 0 Å². The first kappa shape index (κ1) is 14.9. The molecule has 1 aromatic carbocycles. The van der Waals surface area contributed by atoms with E-state index in [1.165, 1.54) is 32.1 Å². The molecule has 4 heteroatoms. The Morgan fingerprint density at radius 1 is 1.20 bits per heavy atom. The van der Waals surface area contributed by atoms with E-state index in [1.807, 2.05) is 30.3 Å². The molecule has 1 amide bonds. The Bertz CT molecular complexity index is 401. The summed E-state index contributed by atoms with van der Waals surface area (Å²) in [5.74, 6) is 0.573. The Balaban J connectivity index is 1.77. The first-order chi connectivity index (χ1) is 9.79. The van der Waals surface area contributed by atoms with Crippen LogP contribution in [0.25, 0.3) is 0 Å². The zero-order valence-corrected chi connectivity index (χ0v) is 12.0. The molecule has 4 nitrogen and oxygen atoms in total. The minimum absolute atomic E-state index is 0.0230. The first-order valence-corrected chi connectivity index (χ1v) is 7.58. The highest BCUT2D eigenvalue weighted by molar-refractivity contribution is 5.81. The van der Waals surface area contributed by atoms with Gasteiger partial charge in [-0.05, 0) is 30.9 Å². The Labute approximate surface area is 121 Å². The number of para-hydroxylation sites is 1. The van der Waals surface area contributed by atoms with Gasteiger partial charge in [-0.1, -0.05) is 37.5 Å². The molecule has 0 radical (unpaired) electrons. The topological polar surface area (TPSA) is 67.1 Å². The molecule has 0 aromatic heterocycles. The molecule has 0 heterocycles. The van der Waals surface area contributed by atoms with Gasteiger partial charge in [-0.25, -0.2) is 0 Å². The van der Waals surface area contributed by atoms with E-state index in [0.29, 0.717) is 19.0 Å². The summed E-state index contributed by atoms with van der Waals surface area (Å²) in [6.45, 7) is 0.828. The van der Waals surface area contributed by atoms with Gasteiger partial charge in [-0.2, -0.15) is 0 Å². The highest BCUT2D eigenvalue weighted by Gasteiger charge is 2.23. The van der Waals surface area contributed by atoms with Crippen LogP contribution in [-0.2, 0) is 4.79 Å². The maximum atomic E-state index is 12.0. The molecule has 0 spiro atoms. The Hall–Kier alpha value is -1.55. The van der Waals surface area contributed by atoms with Crippen molar-refractivity contribution in [2.24, 2.45) is 11.7 Å². The van der Waals surface area contributed by atoms with Crippen molar-refractivity contribution in [3.63, 3.8) is 0 Å². The molecule has 2 rings (SSSR count). The minimum Gasteiger partial charge on any atom is -0.376 e. The molecule has 1 atom stereocenters. The van der Waals surface area contributed by atoms with E-state index in [0.717, 1.165) is 5.69 Å². The second-order valence-electron chi connectivity index (χ2n) is 5.53. The molecule has 1 aromatic rings. The number of carbonyl (C=O) groups is 1. The summed E-state index contributed by atoms with van der Waals surface area (Å²) < 4.78 is 0. The van der Waals surface area contributed by atoms with Gasteiger partial charge in [-0.3, -0.25) is 4.79 Å². The Kier molecular flexibility index (Phi) is 5.87. The maximum Gasteiger partial charge on any atom is 0.239 e. The predicted octanol–water partition coefficient (Wildman–Crippen LogP) is 2.12. The second-order valence-corrected chi connectivity index (χ2v) is 5.53. The maximum absolute atomic E-state index is 12.0. The minimum atomic E-state index is 0.0230. The van der Waals surface area contributed by atoms with Gasteiger partial charge in [0.25, 0.3) is 0 Å².